The van der Waals surface area contributed by atoms with Crippen molar-refractivity contribution in [1.82, 2.24) is 15.1 Å². The first-order valence-electron chi connectivity index (χ1n) is 11.1. The van der Waals surface area contributed by atoms with Crippen LogP contribution in [0.3, 0.4) is 0 Å². The highest BCUT2D eigenvalue weighted by atomic mass is 16.5. The third-order valence-corrected chi connectivity index (χ3v) is 5.59. The Kier molecular flexibility index (Phi) is 7.20. The normalized spacial score (nSPS) is 17.6. The van der Waals surface area contributed by atoms with Gasteiger partial charge < -0.3 is 18.8 Å². The monoisotopic (exact) mass is 421 g/mol. The lowest BCUT2D eigenvalue weighted by molar-refractivity contribution is 0.281. The Labute approximate surface area is 184 Å². The molecule has 2 atom stereocenters. The number of ether oxygens (including phenoxy) is 2. The second-order valence-corrected chi connectivity index (χ2v) is 8.44. The van der Waals surface area contributed by atoms with Crippen molar-refractivity contribution in [3.8, 4) is 23.0 Å². The maximum Gasteiger partial charge on any atom is 0.247 e. The minimum atomic E-state index is 0.568. The minimum absolute atomic E-state index is 0.568. The maximum absolute atomic E-state index is 5.91. The molecule has 6 heteroatoms. The highest BCUT2D eigenvalue weighted by Gasteiger charge is 2.37. The summed E-state index contributed by atoms with van der Waals surface area (Å²) in [6, 6.07) is 17.8. The summed E-state index contributed by atoms with van der Waals surface area (Å²) >= 11 is 0. The summed E-state index contributed by atoms with van der Waals surface area (Å²) in [6.45, 7) is 2.48. The molecule has 31 heavy (non-hydrogen) atoms. The first kappa shape index (κ1) is 21.4. The quantitative estimate of drug-likeness (QED) is 0.395. The SMILES string of the molecule is CN(C)CCCOc1ccc(-c2nnc(C[C@@H]3C[C@H]3CCOc3ccccc3)o2)cc1. The van der Waals surface area contributed by atoms with Gasteiger partial charge in [-0.25, -0.2) is 0 Å². The Hall–Kier alpha value is -2.86. The Bertz CT molecular complexity index is 925. The number of nitrogens with zero attached hydrogens (tertiary/aromatic N) is 3. The zero-order chi connectivity index (χ0) is 21.5. The summed E-state index contributed by atoms with van der Waals surface area (Å²) < 4.78 is 17.5. The van der Waals surface area contributed by atoms with E-state index in [1.807, 2.05) is 54.6 Å². The van der Waals surface area contributed by atoms with Gasteiger partial charge in [0.25, 0.3) is 0 Å². The van der Waals surface area contributed by atoms with Gasteiger partial charge in [-0.2, -0.15) is 0 Å². The maximum atomic E-state index is 5.91. The van der Waals surface area contributed by atoms with Crippen LogP contribution in [0.5, 0.6) is 11.5 Å². The summed E-state index contributed by atoms with van der Waals surface area (Å²) in [6.07, 6.45) is 4.12. The molecule has 1 aliphatic rings. The van der Waals surface area contributed by atoms with Gasteiger partial charge in [0.15, 0.2) is 0 Å². The van der Waals surface area contributed by atoms with Crippen LogP contribution in [0, 0.1) is 11.8 Å². The van der Waals surface area contributed by atoms with Crippen molar-refractivity contribution in [2.75, 3.05) is 33.9 Å². The van der Waals surface area contributed by atoms with Crippen LogP contribution in [0.2, 0.25) is 0 Å². The van der Waals surface area contributed by atoms with E-state index in [1.54, 1.807) is 0 Å². The van der Waals surface area contributed by atoms with Gasteiger partial charge in [0.05, 0.1) is 13.2 Å². The molecular weight excluding hydrogens is 390 g/mol. The summed E-state index contributed by atoms with van der Waals surface area (Å²) in [5.41, 5.74) is 0.919. The lowest BCUT2D eigenvalue weighted by Crippen LogP contribution is -2.15. The molecule has 1 heterocycles. The van der Waals surface area contributed by atoms with E-state index in [0.29, 0.717) is 24.3 Å². The topological polar surface area (TPSA) is 60.6 Å². The van der Waals surface area contributed by atoms with E-state index in [2.05, 4.69) is 29.2 Å². The summed E-state index contributed by atoms with van der Waals surface area (Å²) in [5, 5.41) is 8.48. The second kappa shape index (κ2) is 10.4. The Morgan fingerprint density at radius 1 is 0.903 bits per heavy atom. The predicted octanol–water partition coefficient (Wildman–Crippen LogP) is 4.71. The van der Waals surface area contributed by atoms with Crippen molar-refractivity contribution in [2.45, 2.75) is 25.7 Å². The summed E-state index contributed by atoms with van der Waals surface area (Å²) in [7, 11) is 4.13. The smallest absolute Gasteiger partial charge is 0.247 e. The third-order valence-electron chi connectivity index (χ3n) is 5.59. The lowest BCUT2D eigenvalue weighted by atomic mass is 10.2. The van der Waals surface area contributed by atoms with E-state index < -0.39 is 0 Å². The average molecular weight is 422 g/mol. The molecule has 2 aromatic carbocycles. The van der Waals surface area contributed by atoms with E-state index in [-0.39, 0.29) is 0 Å². The van der Waals surface area contributed by atoms with Gasteiger partial charge in [0.2, 0.25) is 11.8 Å². The van der Waals surface area contributed by atoms with Crippen molar-refractivity contribution >= 4 is 0 Å². The number of para-hydroxylation sites is 1. The molecule has 0 saturated heterocycles. The molecule has 0 amide bonds. The fraction of sp³-hybridized carbons (Fsp3) is 0.440. The first-order chi connectivity index (χ1) is 15.2. The molecule has 1 aliphatic carbocycles. The molecular formula is C25H31N3O3. The van der Waals surface area contributed by atoms with Crippen molar-refractivity contribution in [3.05, 3.63) is 60.5 Å². The van der Waals surface area contributed by atoms with Crippen molar-refractivity contribution in [3.63, 3.8) is 0 Å². The van der Waals surface area contributed by atoms with Gasteiger partial charge in [0, 0.05) is 18.5 Å². The summed E-state index contributed by atoms with van der Waals surface area (Å²) in [5.74, 6) is 4.38. The van der Waals surface area contributed by atoms with Crippen LogP contribution in [-0.2, 0) is 6.42 Å². The Morgan fingerprint density at radius 3 is 2.42 bits per heavy atom. The zero-order valence-electron chi connectivity index (χ0n) is 18.4. The van der Waals surface area contributed by atoms with Gasteiger partial charge in [-0.1, -0.05) is 18.2 Å². The fourth-order valence-electron chi connectivity index (χ4n) is 3.70. The molecule has 0 N–H and O–H groups in total. The van der Waals surface area contributed by atoms with Crippen molar-refractivity contribution in [2.24, 2.45) is 11.8 Å². The third kappa shape index (κ3) is 6.56. The Morgan fingerprint density at radius 2 is 1.65 bits per heavy atom. The average Bonchev–Trinajstić information content (AvgIpc) is 3.34. The van der Waals surface area contributed by atoms with Crippen LogP contribution in [-0.4, -0.2) is 49.0 Å². The molecule has 6 nitrogen and oxygen atoms in total. The zero-order valence-corrected chi connectivity index (χ0v) is 18.4. The molecule has 0 aliphatic heterocycles. The number of aromatic nitrogens is 2. The Balaban J connectivity index is 1.19. The van der Waals surface area contributed by atoms with Gasteiger partial charge in [0.1, 0.15) is 11.5 Å². The van der Waals surface area contributed by atoms with Crippen LogP contribution in [0.25, 0.3) is 11.5 Å². The first-order valence-corrected chi connectivity index (χ1v) is 11.1. The number of benzene rings is 2. The molecule has 1 fully saturated rings. The number of hydrogen-bond acceptors (Lipinski definition) is 6. The molecule has 0 spiro atoms. The van der Waals surface area contributed by atoms with Crippen LogP contribution in [0.1, 0.15) is 25.2 Å². The van der Waals surface area contributed by atoms with Crippen molar-refractivity contribution in [1.29, 1.82) is 0 Å². The molecule has 1 aromatic heterocycles. The number of hydrogen-bond donors (Lipinski definition) is 0. The standard InChI is InChI=1S/C25H31N3O3/c1-28(2)14-6-15-29-23-11-9-19(10-12-23)25-27-26-24(31-25)18-21-17-20(21)13-16-30-22-7-4-3-5-8-22/h3-5,7-12,20-21H,6,13-18H2,1-2H3/t20-,21+/m1/s1. The van der Waals surface area contributed by atoms with Gasteiger partial charge >= 0.3 is 0 Å². The molecule has 164 valence electrons. The van der Waals surface area contributed by atoms with Gasteiger partial charge in [-0.3, -0.25) is 0 Å². The van der Waals surface area contributed by atoms with Crippen LogP contribution >= 0.6 is 0 Å². The van der Waals surface area contributed by atoms with E-state index in [9.17, 15) is 0 Å². The van der Waals surface area contributed by atoms with Crippen molar-refractivity contribution < 1.29 is 13.9 Å². The molecule has 0 radical (unpaired) electrons. The van der Waals surface area contributed by atoms with Crippen LogP contribution in [0.15, 0.2) is 59.0 Å². The second-order valence-electron chi connectivity index (χ2n) is 8.44. The van der Waals surface area contributed by atoms with E-state index in [0.717, 1.165) is 55.4 Å². The van der Waals surface area contributed by atoms with Gasteiger partial charge in [-0.05, 0) is 81.6 Å². The predicted molar refractivity (Wildman–Crippen MR) is 120 cm³/mol. The molecule has 0 unspecified atom stereocenters. The molecule has 1 saturated carbocycles. The van der Waals surface area contributed by atoms with E-state index >= 15 is 0 Å². The lowest BCUT2D eigenvalue weighted by Gasteiger charge is -2.10. The number of rotatable bonds is 12. The molecule has 4 rings (SSSR count). The fourth-order valence-corrected chi connectivity index (χ4v) is 3.70. The van der Waals surface area contributed by atoms with E-state index in [4.69, 9.17) is 13.9 Å². The minimum Gasteiger partial charge on any atom is -0.494 e. The van der Waals surface area contributed by atoms with Crippen LogP contribution in [0.4, 0.5) is 0 Å². The summed E-state index contributed by atoms with van der Waals surface area (Å²) in [4.78, 5) is 2.15. The molecule has 3 aromatic rings. The van der Waals surface area contributed by atoms with Crippen LogP contribution < -0.4 is 9.47 Å². The van der Waals surface area contributed by atoms with Gasteiger partial charge in [-0.15, -0.1) is 10.2 Å². The largest absolute Gasteiger partial charge is 0.494 e. The highest BCUT2D eigenvalue weighted by molar-refractivity contribution is 5.53. The highest BCUT2D eigenvalue weighted by Crippen LogP contribution is 2.43. The molecule has 0 bridgehead atoms. The van der Waals surface area contributed by atoms with E-state index in [1.165, 1.54) is 6.42 Å².